The van der Waals surface area contributed by atoms with Crippen molar-refractivity contribution in [1.29, 1.82) is 0 Å². The van der Waals surface area contributed by atoms with Crippen LogP contribution in [-0.2, 0) is 17.8 Å². The molecule has 2 N–H and O–H groups in total. The van der Waals surface area contributed by atoms with Gasteiger partial charge in [0.1, 0.15) is 0 Å². The van der Waals surface area contributed by atoms with Gasteiger partial charge >= 0.3 is 0 Å². The molecule has 0 amide bonds. The lowest BCUT2D eigenvalue weighted by atomic mass is 10.0. The highest BCUT2D eigenvalue weighted by Gasteiger charge is 2.17. The van der Waals surface area contributed by atoms with Crippen LogP contribution in [0.2, 0.25) is 5.02 Å². The monoisotopic (exact) mass is 248 g/mol. The Morgan fingerprint density at radius 3 is 3.06 bits per heavy atom. The minimum Gasteiger partial charge on any atom is -0.398 e. The topological polar surface area (TPSA) is 48.1 Å². The minimum absolute atomic E-state index is 0.561. The normalized spacial score (nSPS) is 14.9. The third-order valence-corrected chi connectivity index (χ3v) is 3.63. The molecular weight excluding hydrogens is 236 g/mol. The van der Waals surface area contributed by atoms with Crippen molar-refractivity contribution in [3.8, 4) is 0 Å². The van der Waals surface area contributed by atoms with E-state index >= 15 is 0 Å². The standard InChI is InChI=1S/C13H13ClN2O/c1-7-4-8-12(5-10(7)14)16-11-2-3-17-6-9(11)13(8)15/h4-5H,2-3,6H2,1H3,(H2,15,16). The van der Waals surface area contributed by atoms with Crippen LogP contribution in [0, 0.1) is 6.92 Å². The van der Waals surface area contributed by atoms with Crippen molar-refractivity contribution in [2.24, 2.45) is 0 Å². The maximum Gasteiger partial charge on any atom is 0.0755 e. The first-order chi connectivity index (χ1) is 8.16. The molecule has 0 spiro atoms. The molecule has 1 aliphatic rings. The van der Waals surface area contributed by atoms with Gasteiger partial charge in [-0.25, -0.2) is 0 Å². The summed E-state index contributed by atoms with van der Waals surface area (Å²) in [6.07, 6.45) is 0.820. The predicted octanol–water partition coefficient (Wildman–Crippen LogP) is 2.85. The average Bonchev–Trinajstić information content (AvgIpc) is 2.32. The zero-order valence-corrected chi connectivity index (χ0v) is 10.3. The molecule has 3 nitrogen and oxygen atoms in total. The summed E-state index contributed by atoms with van der Waals surface area (Å²) < 4.78 is 5.43. The number of ether oxygens (including phenoxy) is 1. The van der Waals surface area contributed by atoms with Crippen LogP contribution in [0.4, 0.5) is 5.69 Å². The lowest BCUT2D eigenvalue weighted by Gasteiger charge is -2.19. The molecule has 0 saturated carbocycles. The first-order valence-corrected chi connectivity index (χ1v) is 5.99. The largest absolute Gasteiger partial charge is 0.398 e. The van der Waals surface area contributed by atoms with E-state index in [0.29, 0.717) is 13.2 Å². The Bertz CT molecular complexity index is 610. The van der Waals surface area contributed by atoms with Gasteiger partial charge < -0.3 is 10.5 Å². The van der Waals surface area contributed by atoms with Gasteiger partial charge in [0.05, 0.1) is 24.4 Å². The average molecular weight is 249 g/mol. The summed E-state index contributed by atoms with van der Waals surface area (Å²) in [5.74, 6) is 0. The smallest absolute Gasteiger partial charge is 0.0755 e. The van der Waals surface area contributed by atoms with Gasteiger partial charge in [-0.3, -0.25) is 4.98 Å². The molecule has 17 heavy (non-hydrogen) atoms. The van der Waals surface area contributed by atoms with E-state index in [2.05, 4.69) is 4.98 Å². The van der Waals surface area contributed by atoms with Crippen LogP contribution in [0.1, 0.15) is 16.8 Å². The molecule has 1 aliphatic heterocycles. The molecule has 4 heteroatoms. The molecule has 2 aromatic rings. The lowest BCUT2D eigenvalue weighted by Crippen LogP contribution is -2.14. The fourth-order valence-electron chi connectivity index (χ4n) is 2.22. The predicted molar refractivity (Wildman–Crippen MR) is 69.3 cm³/mol. The molecule has 0 radical (unpaired) electrons. The fraction of sp³-hybridized carbons (Fsp3) is 0.308. The lowest BCUT2D eigenvalue weighted by molar-refractivity contribution is 0.110. The molecular formula is C13H13ClN2O. The van der Waals surface area contributed by atoms with E-state index in [1.165, 1.54) is 0 Å². The molecule has 1 aromatic heterocycles. The van der Waals surface area contributed by atoms with Crippen LogP contribution >= 0.6 is 11.6 Å². The van der Waals surface area contributed by atoms with Gasteiger partial charge in [0.25, 0.3) is 0 Å². The Balaban J connectivity index is 2.36. The second kappa shape index (κ2) is 3.86. The number of nitrogens with two attached hydrogens (primary N) is 1. The Labute approximate surface area is 105 Å². The third-order valence-electron chi connectivity index (χ3n) is 3.23. The number of aryl methyl sites for hydroxylation is 1. The van der Waals surface area contributed by atoms with Crippen LogP contribution in [0.5, 0.6) is 0 Å². The number of fused-ring (bicyclic) bond motifs is 2. The Kier molecular flexibility index (Phi) is 2.45. The minimum atomic E-state index is 0.561. The van der Waals surface area contributed by atoms with Crippen LogP contribution in [0.15, 0.2) is 12.1 Å². The molecule has 88 valence electrons. The zero-order valence-electron chi connectivity index (χ0n) is 9.59. The maximum atomic E-state index is 6.20. The van der Waals surface area contributed by atoms with Crippen LogP contribution < -0.4 is 5.73 Å². The van der Waals surface area contributed by atoms with Gasteiger partial charge in [-0.05, 0) is 24.6 Å². The summed E-state index contributed by atoms with van der Waals surface area (Å²) in [6.45, 7) is 3.24. The Morgan fingerprint density at radius 1 is 1.41 bits per heavy atom. The number of aromatic nitrogens is 1. The zero-order chi connectivity index (χ0) is 12.0. The number of benzene rings is 1. The van der Waals surface area contributed by atoms with E-state index in [1.807, 2.05) is 19.1 Å². The maximum absolute atomic E-state index is 6.20. The highest BCUT2D eigenvalue weighted by atomic mass is 35.5. The molecule has 0 bridgehead atoms. The molecule has 0 fully saturated rings. The van der Waals surface area contributed by atoms with Crippen molar-refractivity contribution in [3.05, 3.63) is 34.0 Å². The molecule has 3 rings (SSSR count). The van der Waals surface area contributed by atoms with Gasteiger partial charge in [-0.15, -0.1) is 0 Å². The highest BCUT2D eigenvalue weighted by Crippen LogP contribution is 2.32. The summed E-state index contributed by atoms with van der Waals surface area (Å²) in [4.78, 5) is 4.63. The number of anilines is 1. The number of nitrogens with zero attached hydrogens (tertiary/aromatic N) is 1. The van der Waals surface area contributed by atoms with Crippen molar-refractivity contribution >= 4 is 28.2 Å². The summed E-state index contributed by atoms with van der Waals surface area (Å²) in [5.41, 5.74) is 10.9. The third kappa shape index (κ3) is 1.66. The van der Waals surface area contributed by atoms with E-state index in [4.69, 9.17) is 22.1 Å². The van der Waals surface area contributed by atoms with E-state index < -0.39 is 0 Å². The Morgan fingerprint density at radius 2 is 2.24 bits per heavy atom. The van der Waals surface area contributed by atoms with Gasteiger partial charge in [0, 0.05) is 28.1 Å². The van der Waals surface area contributed by atoms with Gasteiger partial charge in [-0.1, -0.05) is 11.6 Å². The second-order valence-corrected chi connectivity index (χ2v) is 4.78. The molecule has 2 heterocycles. The van der Waals surface area contributed by atoms with Crippen molar-refractivity contribution in [1.82, 2.24) is 4.98 Å². The second-order valence-electron chi connectivity index (χ2n) is 4.37. The number of hydrogen-bond donors (Lipinski definition) is 1. The number of halogens is 1. The van der Waals surface area contributed by atoms with E-state index in [-0.39, 0.29) is 0 Å². The summed E-state index contributed by atoms with van der Waals surface area (Å²) >= 11 is 6.12. The first kappa shape index (κ1) is 10.8. The first-order valence-electron chi connectivity index (χ1n) is 5.61. The number of nitrogen functional groups attached to an aromatic ring is 1. The Hall–Kier alpha value is -1.32. The summed E-state index contributed by atoms with van der Waals surface area (Å²) in [5, 5.41) is 1.70. The van der Waals surface area contributed by atoms with Crippen molar-refractivity contribution < 1.29 is 4.74 Å². The van der Waals surface area contributed by atoms with E-state index in [0.717, 1.165) is 44.9 Å². The highest BCUT2D eigenvalue weighted by molar-refractivity contribution is 6.32. The fourth-order valence-corrected chi connectivity index (χ4v) is 2.38. The van der Waals surface area contributed by atoms with Crippen LogP contribution in [0.25, 0.3) is 10.9 Å². The van der Waals surface area contributed by atoms with E-state index in [1.54, 1.807) is 0 Å². The summed E-state index contributed by atoms with van der Waals surface area (Å²) in [6, 6.07) is 3.88. The molecule has 0 saturated heterocycles. The van der Waals surface area contributed by atoms with Crippen molar-refractivity contribution in [2.45, 2.75) is 20.0 Å². The van der Waals surface area contributed by atoms with E-state index in [9.17, 15) is 0 Å². The van der Waals surface area contributed by atoms with Gasteiger partial charge in [0.2, 0.25) is 0 Å². The SMILES string of the molecule is Cc1cc2c(N)c3c(nc2cc1Cl)CCOC3. The van der Waals surface area contributed by atoms with Gasteiger partial charge in [0.15, 0.2) is 0 Å². The number of rotatable bonds is 0. The van der Waals surface area contributed by atoms with Crippen LogP contribution in [0.3, 0.4) is 0 Å². The number of pyridine rings is 1. The quantitative estimate of drug-likeness (QED) is 0.780. The molecule has 0 atom stereocenters. The van der Waals surface area contributed by atoms with Crippen molar-refractivity contribution in [2.75, 3.05) is 12.3 Å². The summed E-state index contributed by atoms with van der Waals surface area (Å²) in [7, 11) is 0. The molecule has 0 unspecified atom stereocenters. The number of hydrogen-bond acceptors (Lipinski definition) is 3. The van der Waals surface area contributed by atoms with Crippen LogP contribution in [-0.4, -0.2) is 11.6 Å². The van der Waals surface area contributed by atoms with Gasteiger partial charge in [-0.2, -0.15) is 0 Å². The van der Waals surface area contributed by atoms with Crippen molar-refractivity contribution in [3.63, 3.8) is 0 Å². The molecule has 0 aliphatic carbocycles. The molecule has 1 aromatic carbocycles.